The number of aliphatic hydroxyl groups is 1. The monoisotopic (exact) mass is 444 g/mol. The van der Waals surface area contributed by atoms with Crippen molar-refractivity contribution in [2.45, 2.75) is 77.2 Å². The van der Waals surface area contributed by atoms with E-state index in [0.29, 0.717) is 34.6 Å². The number of allylic oxidation sites excluding steroid dienone is 3. The van der Waals surface area contributed by atoms with Gasteiger partial charge in [-0.15, -0.1) is 0 Å². The first kappa shape index (κ1) is 21.3. The van der Waals surface area contributed by atoms with E-state index in [0.717, 1.165) is 49.3 Å². The van der Waals surface area contributed by atoms with Crippen LogP contribution < -0.4 is 5.73 Å². The van der Waals surface area contributed by atoms with Crippen LogP contribution in [-0.2, 0) is 4.74 Å². The molecule has 0 bridgehead atoms. The minimum absolute atomic E-state index is 0.00743. The first-order chi connectivity index (χ1) is 15.9. The Morgan fingerprint density at radius 3 is 2.61 bits per heavy atom. The number of nitriles is 1. The summed E-state index contributed by atoms with van der Waals surface area (Å²) in [6.07, 6.45) is 8.85. The Labute approximate surface area is 197 Å². The molecule has 6 rings (SSSR count). The third-order valence-electron chi connectivity index (χ3n) is 10.6. The van der Waals surface area contributed by atoms with Crippen molar-refractivity contribution in [1.29, 1.82) is 5.26 Å². The fourth-order valence-electron chi connectivity index (χ4n) is 8.96. The summed E-state index contributed by atoms with van der Waals surface area (Å²) in [5.74, 6) is 3.89. The number of hydrogen-bond donors (Lipinski definition) is 2. The van der Waals surface area contributed by atoms with Crippen LogP contribution in [0.5, 0.6) is 0 Å². The van der Waals surface area contributed by atoms with Crippen molar-refractivity contribution in [3.8, 4) is 6.07 Å². The highest BCUT2D eigenvalue weighted by atomic mass is 16.5. The molecule has 0 aromatic heterocycles. The van der Waals surface area contributed by atoms with E-state index in [2.05, 4.69) is 44.2 Å². The van der Waals surface area contributed by atoms with E-state index in [1.54, 1.807) is 0 Å². The van der Waals surface area contributed by atoms with Gasteiger partial charge in [-0.05, 0) is 91.6 Å². The van der Waals surface area contributed by atoms with Crippen molar-refractivity contribution in [2.75, 3.05) is 0 Å². The van der Waals surface area contributed by atoms with Crippen LogP contribution in [0, 0.1) is 45.8 Å². The number of benzene rings is 1. The Morgan fingerprint density at radius 1 is 1.06 bits per heavy atom. The van der Waals surface area contributed by atoms with E-state index in [1.165, 1.54) is 24.8 Å². The van der Waals surface area contributed by atoms with Crippen molar-refractivity contribution in [3.63, 3.8) is 0 Å². The lowest BCUT2D eigenvalue weighted by atomic mass is 9.45. The summed E-state index contributed by atoms with van der Waals surface area (Å²) in [4.78, 5) is 0. The Morgan fingerprint density at radius 2 is 1.85 bits per heavy atom. The number of nitrogens with zero attached hydrogens (tertiary/aromatic N) is 1. The molecule has 0 radical (unpaired) electrons. The highest BCUT2D eigenvalue weighted by molar-refractivity contribution is 5.51. The zero-order valence-corrected chi connectivity index (χ0v) is 19.9. The van der Waals surface area contributed by atoms with Crippen LogP contribution in [0.4, 0.5) is 0 Å². The first-order valence-corrected chi connectivity index (χ1v) is 12.9. The van der Waals surface area contributed by atoms with Gasteiger partial charge in [0.2, 0.25) is 5.88 Å². The minimum Gasteiger partial charge on any atom is -0.444 e. The average Bonchev–Trinajstić information content (AvgIpc) is 3.11. The maximum absolute atomic E-state index is 10.3. The molecule has 3 N–H and O–H groups in total. The molecule has 3 saturated carbocycles. The molecule has 3 fully saturated rings. The number of hydrogen-bond acceptors (Lipinski definition) is 4. The Kier molecular flexibility index (Phi) is 4.76. The Bertz CT molecular complexity index is 1070. The van der Waals surface area contributed by atoms with E-state index in [-0.39, 0.29) is 17.4 Å². The van der Waals surface area contributed by atoms with Gasteiger partial charge in [-0.3, -0.25) is 0 Å². The van der Waals surface area contributed by atoms with Gasteiger partial charge >= 0.3 is 0 Å². The zero-order valence-electron chi connectivity index (χ0n) is 19.9. The van der Waals surface area contributed by atoms with Crippen molar-refractivity contribution >= 4 is 0 Å². The predicted octanol–water partition coefficient (Wildman–Crippen LogP) is 5.76. The summed E-state index contributed by atoms with van der Waals surface area (Å²) >= 11 is 0. The molecular weight excluding hydrogens is 408 g/mol. The maximum atomic E-state index is 10.3. The van der Waals surface area contributed by atoms with Gasteiger partial charge in [0.15, 0.2) is 0 Å². The lowest BCUT2D eigenvalue weighted by Gasteiger charge is -2.60. The van der Waals surface area contributed by atoms with Crippen LogP contribution in [0.3, 0.4) is 0 Å². The molecule has 1 heterocycles. The summed E-state index contributed by atoms with van der Waals surface area (Å²) in [6, 6.07) is 12.8. The third kappa shape index (κ3) is 2.91. The van der Waals surface area contributed by atoms with Crippen LogP contribution in [0.25, 0.3) is 0 Å². The van der Waals surface area contributed by atoms with Crippen molar-refractivity contribution in [3.05, 3.63) is 58.7 Å². The van der Waals surface area contributed by atoms with Crippen LogP contribution in [-0.4, -0.2) is 11.2 Å². The van der Waals surface area contributed by atoms with Gasteiger partial charge in [0.1, 0.15) is 17.4 Å². The van der Waals surface area contributed by atoms with Crippen molar-refractivity contribution < 1.29 is 9.84 Å². The maximum Gasteiger partial charge on any atom is 0.205 e. The standard InChI is InChI=1S/C29H36N2O2/c1-28-12-10-19(32)14-18(28)8-9-20-23(28)11-13-29(2)24(20)15-21-25(17-6-4-3-5-7-17)22(16-30)27(31)33-26(21)29/h3-7,18-20,23-25,32H,8-15,31H2,1-2H3/t18-,19-,20+,23-,24-,25?,28-,29-/m0/s1. The lowest BCUT2D eigenvalue weighted by Crippen LogP contribution is -2.53. The number of nitrogens with two attached hydrogens (primary N) is 1. The molecule has 5 aliphatic rings. The molecule has 1 aromatic carbocycles. The second kappa shape index (κ2) is 7.37. The van der Waals surface area contributed by atoms with Crippen LogP contribution in [0.2, 0.25) is 0 Å². The normalized spacial score (nSPS) is 44.2. The molecule has 1 aliphatic heterocycles. The molecule has 0 spiro atoms. The fraction of sp³-hybridized carbons (Fsp3) is 0.621. The first-order valence-electron chi connectivity index (χ1n) is 12.9. The third-order valence-corrected chi connectivity index (χ3v) is 10.6. The molecular formula is C29H36N2O2. The second-order valence-electron chi connectivity index (χ2n) is 11.9. The van der Waals surface area contributed by atoms with E-state index >= 15 is 0 Å². The highest BCUT2D eigenvalue weighted by Crippen LogP contribution is 2.69. The number of fused-ring (bicyclic) bond motifs is 6. The van der Waals surface area contributed by atoms with Gasteiger partial charge in [0.25, 0.3) is 0 Å². The Balaban J connectivity index is 1.38. The van der Waals surface area contributed by atoms with Gasteiger partial charge in [-0.1, -0.05) is 44.2 Å². The minimum atomic E-state index is -0.104. The van der Waals surface area contributed by atoms with Crippen LogP contribution >= 0.6 is 0 Å². The van der Waals surface area contributed by atoms with Gasteiger partial charge in [-0.2, -0.15) is 5.26 Å². The molecule has 0 amide bonds. The average molecular weight is 445 g/mol. The van der Waals surface area contributed by atoms with E-state index < -0.39 is 0 Å². The van der Waals surface area contributed by atoms with Crippen molar-refractivity contribution in [1.82, 2.24) is 0 Å². The molecule has 1 aromatic rings. The fourth-order valence-corrected chi connectivity index (χ4v) is 8.96. The summed E-state index contributed by atoms with van der Waals surface area (Å²) in [7, 11) is 0. The highest BCUT2D eigenvalue weighted by Gasteiger charge is 2.61. The molecule has 4 aliphatic carbocycles. The largest absolute Gasteiger partial charge is 0.444 e. The number of aliphatic hydroxyl groups excluding tert-OH is 1. The van der Waals surface area contributed by atoms with Gasteiger partial charge in [0, 0.05) is 11.3 Å². The summed E-state index contributed by atoms with van der Waals surface area (Å²) in [5.41, 5.74) is 9.73. The second-order valence-corrected chi connectivity index (χ2v) is 11.9. The molecule has 8 atom stereocenters. The van der Waals surface area contributed by atoms with Crippen LogP contribution in [0.15, 0.2) is 53.1 Å². The molecule has 1 unspecified atom stereocenters. The zero-order chi connectivity index (χ0) is 23.0. The summed E-state index contributed by atoms with van der Waals surface area (Å²) < 4.78 is 6.35. The van der Waals surface area contributed by atoms with E-state index in [9.17, 15) is 10.4 Å². The summed E-state index contributed by atoms with van der Waals surface area (Å²) in [6.45, 7) is 4.93. The summed E-state index contributed by atoms with van der Waals surface area (Å²) in [5, 5.41) is 20.3. The smallest absolute Gasteiger partial charge is 0.205 e. The molecule has 0 saturated heterocycles. The SMILES string of the molecule is C[C@]12CC[C@H](O)C[C@@H]1CC[C@@H]1[C@@H]2CC[C@]2(C)C3=C(C[C@@H]12)C(c1ccccc1)C(C#N)=C(N)O3. The van der Waals surface area contributed by atoms with Gasteiger partial charge < -0.3 is 15.6 Å². The van der Waals surface area contributed by atoms with Crippen LogP contribution in [0.1, 0.15) is 76.7 Å². The molecule has 4 heteroatoms. The van der Waals surface area contributed by atoms with Gasteiger partial charge in [0.05, 0.1) is 6.10 Å². The number of rotatable bonds is 1. The molecule has 33 heavy (non-hydrogen) atoms. The number of ether oxygens (including phenoxy) is 1. The molecule has 174 valence electrons. The van der Waals surface area contributed by atoms with Gasteiger partial charge in [-0.25, -0.2) is 0 Å². The Hall–Kier alpha value is -2.25. The molecule has 4 nitrogen and oxygen atoms in total. The topological polar surface area (TPSA) is 79.3 Å². The predicted molar refractivity (Wildman–Crippen MR) is 127 cm³/mol. The van der Waals surface area contributed by atoms with E-state index in [1.807, 2.05) is 6.07 Å². The quantitative estimate of drug-likeness (QED) is 0.577. The van der Waals surface area contributed by atoms with E-state index in [4.69, 9.17) is 10.5 Å². The van der Waals surface area contributed by atoms with Crippen molar-refractivity contribution in [2.24, 2.45) is 40.2 Å². The lowest BCUT2D eigenvalue weighted by molar-refractivity contribution is -0.122.